The van der Waals surface area contributed by atoms with E-state index in [9.17, 15) is 14.7 Å². The largest absolute Gasteiger partial charge is 0.496 e. The maximum atomic E-state index is 14.0. The van der Waals surface area contributed by atoms with Crippen molar-refractivity contribution >= 4 is 30.7 Å². The van der Waals surface area contributed by atoms with Gasteiger partial charge in [-0.1, -0.05) is 12.1 Å². The fourth-order valence-electron chi connectivity index (χ4n) is 2.92. The zero-order valence-electron chi connectivity index (χ0n) is 18.5. The molecule has 10 heteroatoms. The summed E-state index contributed by atoms with van der Waals surface area (Å²) >= 11 is 1.58. The van der Waals surface area contributed by atoms with Crippen LogP contribution in [0.4, 0.5) is 11.4 Å². The fourth-order valence-corrected chi connectivity index (χ4v) is 5.64. The Kier molecular flexibility index (Phi) is 8.94. The van der Waals surface area contributed by atoms with Gasteiger partial charge in [0.25, 0.3) is 5.69 Å². The number of nitro benzene ring substituents is 1. The summed E-state index contributed by atoms with van der Waals surface area (Å²) in [6.07, 6.45) is 1.19. The van der Waals surface area contributed by atoms with Gasteiger partial charge in [-0.15, -0.1) is 11.8 Å². The Morgan fingerprint density at radius 3 is 2.06 bits per heavy atom. The third-order valence-corrected chi connectivity index (χ3v) is 7.39. The van der Waals surface area contributed by atoms with Gasteiger partial charge < -0.3 is 19.1 Å². The van der Waals surface area contributed by atoms with Gasteiger partial charge in [0, 0.05) is 4.90 Å². The van der Waals surface area contributed by atoms with E-state index in [1.807, 2.05) is 30.5 Å². The number of hydrogen-bond acceptors (Lipinski definition) is 8. The first kappa shape index (κ1) is 25.2. The van der Waals surface area contributed by atoms with E-state index >= 15 is 0 Å². The zero-order valence-corrected chi connectivity index (χ0v) is 20.2. The van der Waals surface area contributed by atoms with Crippen LogP contribution >= 0.6 is 19.4 Å². The number of rotatable bonds is 11. The first-order valence-electron chi connectivity index (χ1n) is 9.79. The molecule has 0 fully saturated rings. The molecule has 1 N–H and O–H groups in total. The Labute approximate surface area is 187 Å². The molecule has 0 amide bonds. The molecule has 1 atom stereocenters. The molecule has 2 rings (SSSR count). The minimum absolute atomic E-state index is 0.185. The maximum absolute atomic E-state index is 14.0. The molecule has 0 aliphatic rings. The molecule has 31 heavy (non-hydrogen) atoms. The molecule has 8 nitrogen and oxygen atoms in total. The number of nitrogens with zero attached hydrogens (tertiary/aromatic N) is 1. The lowest BCUT2D eigenvalue weighted by Gasteiger charge is -2.31. The van der Waals surface area contributed by atoms with E-state index < -0.39 is 18.3 Å². The number of nitro groups is 1. The van der Waals surface area contributed by atoms with Gasteiger partial charge in [0.2, 0.25) is 0 Å². The Bertz CT molecular complexity index is 922. The van der Waals surface area contributed by atoms with Crippen molar-refractivity contribution in [2.24, 2.45) is 0 Å². The van der Waals surface area contributed by atoms with Gasteiger partial charge in [-0.05, 0) is 63.8 Å². The van der Waals surface area contributed by atoms with Crippen LogP contribution in [0.2, 0.25) is 0 Å². The van der Waals surface area contributed by atoms with E-state index in [1.165, 1.54) is 19.2 Å². The van der Waals surface area contributed by atoms with Gasteiger partial charge in [0.1, 0.15) is 11.4 Å². The van der Waals surface area contributed by atoms with Crippen LogP contribution in [0.25, 0.3) is 0 Å². The standard InChI is InChI=1S/C21H29N2O6PS/c1-14(2)28-30(26,29-15(3)4)21(16-7-10-18(31-6)11-8-16)22-19-12-9-17(27-5)13-20(19)23(24)25/h7-15,21-22H,1-6H3. The van der Waals surface area contributed by atoms with E-state index in [-0.39, 0.29) is 23.6 Å². The highest BCUT2D eigenvalue weighted by Gasteiger charge is 2.40. The molecule has 0 bridgehead atoms. The summed E-state index contributed by atoms with van der Waals surface area (Å²) in [5, 5.41) is 14.7. The quantitative estimate of drug-likeness (QED) is 0.173. The Morgan fingerprint density at radius 2 is 1.61 bits per heavy atom. The Hall–Kier alpha value is -2.06. The highest BCUT2D eigenvalue weighted by molar-refractivity contribution is 7.98. The maximum Gasteiger partial charge on any atom is 0.357 e. The molecule has 0 saturated heterocycles. The van der Waals surface area contributed by atoms with Crippen molar-refractivity contribution in [1.29, 1.82) is 0 Å². The number of nitrogens with one attached hydrogen (secondary N) is 1. The molecule has 2 aromatic rings. The summed E-state index contributed by atoms with van der Waals surface area (Å²) in [5.41, 5.74) is 0.614. The smallest absolute Gasteiger partial charge is 0.357 e. The first-order chi connectivity index (χ1) is 14.6. The van der Waals surface area contributed by atoms with Crippen LogP contribution < -0.4 is 10.1 Å². The third kappa shape index (κ3) is 6.71. The van der Waals surface area contributed by atoms with Gasteiger partial charge in [-0.2, -0.15) is 0 Å². The molecular formula is C21H29N2O6PS. The van der Waals surface area contributed by atoms with E-state index in [2.05, 4.69) is 5.32 Å². The molecule has 0 aliphatic heterocycles. The molecule has 170 valence electrons. The third-order valence-electron chi connectivity index (χ3n) is 4.16. The number of methoxy groups -OCH3 is 1. The number of benzene rings is 2. The average Bonchev–Trinajstić information content (AvgIpc) is 2.70. The fraction of sp³-hybridized carbons (Fsp3) is 0.429. The highest BCUT2D eigenvalue weighted by atomic mass is 32.2. The van der Waals surface area contributed by atoms with Crippen LogP contribution in [-0.2, 0) is 13.6 Å². The van der Waals surface area contributed by atoms with Crippen molar-refractivity contribution in [2.45, 2.75) is 50.6 Å². The van der Waals surface area contributed by atoms with Crippen LogP contribution in [0.1, 0.15) is 39.0 Å². The topological polar surface area (TPSA) is 99.9 Å². The summed E-state index contributed by atoms with van der Waals surface area (Å²) in [7, 11) is -2.36. The van der Waals surface area contributed by atoms with E-state index in [0.29, 0.717) is 11.3 Å². The van der Waals surface area contributed by atoms with Crippen molar-refractivity contribution in [3.8, 4) is 5.75 Å². The summed E-state index contributed by atoms with van der Waals surface area (Å²) in [6.45, 7) is 7.06. The number of thioether (sulfide) groups is 1. The second kappa shape index (κ2) is 11.0. The lowest BCUT2D eigenvalue weighted by molar-refractivity contribution is -0.384. The van der Waals surface area contributed by atoms with Crippen LogP contribution in [0.5, 0.6) is 5.75 Å². The predicted molar refractivity (Wildman–Crippen MR) is 124 cm³/mol. The second-order valence-corrected chi connectivity index (χ2v) is 10.2. The zero-order chi connectivity index (χ0) is 23.2. The van der Waals surface area contributed by atoms with Crippen LogP contribution in [-0.4, -0.2) is 30.5 Å². The van der Waals surface area contributed by atoms with E-state index in [4.69, 9.17) is 13.8 Å². The molecule has 0 aliphatic carbocycles. The molecule has 0 aromatic heterocycles. The van der Waals surface area contributed by atoms with E-state index in [0.717, 1.165) is 4.90 Å². The summed E-state index contributed by atoms with van der Waals surface area (Å²) in [5.74, 6) is -0.613. The molecule has 0 spiro atoms. The van der Waals surface area contributed by atoms with Crippen LogP contribution in [0.15, 0.2) is 47.4 Å². The SMILES string of the molecule is COc1ccc(NC(c2ccc(SC)cc2)P(=O)(OC(C)C)OC(C)C)c([N+](=O)[O-])c1. The van der Waals surface area contributed by atoms with Crippen LogP contribution in [0.3, 0.4) is 0 Å². The minimum atomic E-state index is -3.79. The van der Waals surface area contributed by atoms with Gasteiger partial charge >= 0.3 is 7.60 Å². The Morgan fingerprint density at radius 1 is 1.03 bits per heavy atom. The van der Waals surface area contributed by atoms with Crippen molar-refractivity contribution in [2.75, 3.05) is 18.7 Å². The highest BCUT2D eigenvalue weighted by Crippen LogP contribution is 2.62. The van der Waals surface area contributed by atoms with Crippen LogP contribution in [0, 0.1) is 10.1 Å². The molecule has 0 heterocycles. The second-order valence-electron chi connectivity index (χ2n) is 7.31. The van der Waals surface area contributed by atoms with Crippen molar-refractivity contribution in [1.82, 2.24) is 0 Å². The molecule has 0 radical (unpaired) electrons. The minimum Gasteiger partial charge on any atom is -0.496 e. The molecule has 0 saturated carbocycles. The van der Waals surface area contributed by atoms with Crippen molar-refractivity contribution < 1.29 is 23.3 Å². The molecular weight excluding hydrogens is 439 g/mol. The van der Waals surface area contributed by atoms with Gasteiger partial charge in [-0.3, -0.25) is 14.7 Å². The summed E-state index contributed by atoms with van der Waals surface area (Å²) in [6, 6.07) is 11.9. The van der Waals surface area contributed by atoms with Crippen molar-refractivity contribution in [3.05, 3.63) is 58.1 Å². The van der Waals surface area contributed by atoms with Gasteiger partial charge in [-0.25, -0.2) is 0 Å². The molecule has 2 aromatic carbocycles. The average molecular weight is 469 g/mol. The predicted octanol–water partition coefficient (Wildman–Crippen LogP) is 6.48. The van der Waals surface area contributed by atoms with Gasteiger partial charge in [0.05, 0.1) is 30.3 Å². The number of hydrogen-bond donors (Lipinski definition) is 1. The first-order valence-corrected chi connectivity index (χ1v) is 12.6. The normalized spacial score (nSPS) is 12.8. The monoisotopic (exact) mass is 468 g/mol. The summed E-state index contributed by atoms with van der Waals surface area (Å²) < 4.78 is 30.7. The van der Waals surface area contributed by atoms with E-state index in [1.54, 1.807) is 45.5 Å². The number of ether oxygens (including phenoxy) is 1. The lowest BCUT2D eigenvalue weighted by atomic mass is 10.2. The van der Waals surface area contributed by atoms with Gasteiger partial charge in [0.15, 0.2) is 5.78 Å². The molecule has 1 unspecified atom stereocenters. The van der Waals surface area contributed by atoms with Crippen molar-refractivity contribution in [3.63, 3.8) is 0 Å². The Balaban J connectivity index is 2.61. The number of anilines is 1. The summed E-state index contributed by atoms with van der Waals surface area (Å²) in [4.78, 5) is 12.2. The lowest BCUT2D eigenvalue weighted by Crippen LogP contribution is -2.19.